The lowest BCUT2D eigenvalue weighted by atomic mass is 9.73. The van der Waals surface area contributed by atoms with E-state index in [1.54, 1.807) is 6.33 Å². The third-order valence-electron chi connectivity index (χ3n) is 9.53. The van der Waals surface area contributed by atoms with Crippen LogP contribution in [0.2, 0.25) is 0 Å². The highest BCUT2D eigenvalue weighted by Gasteiger charge is 2.51. The number of benzene rings is 1. The van der Waals surface area contributed by atoms with Crippen LogP contribution in [0, 0.1) is 12.8 Å². The summed E-state index contributed by atoms with van der Waals surface area (Å²) < 4.78 is 78.0. The van der Waals surface area contributed by atoms with Crippen molar-refractivity contribution in [3.05, 3.63) is 47.5 Å². The first-order valence-electron chi connectivity index (χ1n) is 15.1. The van der Waals surface area contributed by atoms with Gasteiger partial charge in [0.05, 0.1) is 18.2 Å². The normalized spacial score (nSPS) is 25.6. The molecule has 1 aliphatic carbocycles. The first-order chi connectivity index (χ1) is 20.9. The number of alkyl halides is 5. The molecule has 0 amide bonds. The molecular formula is C30H35F5N8O. The molecular weight excluding hydrogens is 583 g/mol. The number of rotatable bonds is 6. The molecule has 4 atom stereocenters. The van der Waals surface area contributed by atoms with Gasteiger partial charge in [0, 0.05) is 50.7 Å². The average molecular weight is 619 g/mol. The summed E-state index contributed by atoms with van der Waals surface area (Å²) in [5.41, 5.74) is 1.43. The number of aromatic nitrogens is 6. The molecule has 0 bridgehead atoms. The van der Waals surface area contributed by atoms with Crippen LogP contribution in [0.15, 0.2) is 30.6 Å². The molecule has 3 aliphatic rings. The Morgan fingerprint density at radius 2 is 1.80 bits per heavy atom. The molecule has 2 saturated heterocycles. The van der Waals surface area contributed by atoms with Crippen molar-refractivity contribution in [2.45, 2.75) is 89.3 Å². The number of hydrogen-bond donors (Lipinski definition) is 0. The molecule has 4 aromatic rings. The van der Waals surface area contributed by atoms with Crippen LogP contribution < -0.4 is 4.90 Å². The lowest BCUT2D eigenvalue weighted by Crippen LogP contribution is -2.59. The molecule has 2 aliphatic heterocycles. The fraction of sp³-hybridized carbons (Fsp3) is 0.600. The van der Waals surface area contributed by atoms with Gasteiger partial charge in [-0.05, 0) is 57.2 Å². The van der Waals surface area contributed by atoms with E-state index < -0.39 is 23.7 Å². The SMILES string of the molecule is Cc1nc2c(N3C[C@@H](C)N(C(c4ccc(C(F)(F)F)cc4)C4CC(F)(F)C4)C[C@@H]3C)nc3nncn3c2n1C[C@@H]1CCCO1. The molecule has 3 aromatic heterocycles. The smallest absolute Gasteiger partial charge is 0.376 e. The second-order valence-corrected chi connectivity index (χ2v) is 12.6. The van der Waals surface area contributed by atoms with Crippen LogP contribution in [0.3, 0.4) is 0 Å². The number of hydrogen-bond acceptors (Lipinski definition) is 7. The Bertz CT molecular complexity index is 1650. The Kier molecular flexibility index (Phi) is 7.07. The minimum absolute atomic E-state index is 0.0951. The molecule has 236 valence electrons. The van der Waals surface area contributed by atoms with Crippen LogP contribution in [0.1, 0.15) is 62.5 Å². The Morgan fingerprint density at radius 1 is 1.05 bits per heavy atom. The van der Waals surface area contributed by atoms with E-state index in [1.165, 1.54) is 12.1 Å². The largest absolute Gasteiger partial charge is 0.416 e. The van der Waals surface area contributed by atoms with E-state index in [0.717, 1.165) is 48.6 Å². The highest BCUT2D eigenvalue weighted by Crippen LogP contribution is 2.51. The predicted molar refractivity (Wildman–Crippen MR) is 153 cm³/mol. The quantitative estimate of drug-likeness (QED) is 0.258. The van der Waals surface area contributed by atoms with Crippen LogP contribution in [-0.4, -0.2) is 77.8 Å². The standard InChI is InChI=1S/C30H35F5N8O/c1-17-14-41(26-24-27(43-16-36-39-28(43)38-26)42(19(3)37-24)15-23-5-4-10-44-23)18(2)13-40(17)25(21-11-29(31,32)12-21)20-6-8-22(9-7-20)30(33,34)35/h6-9,16-18,21,23,25H,4-5,10-15H2,1-3H3/t17-,18+,23+,25?/m1/s1. The molecule has 7 rings (SSSR count). The Balaban J connectivity index is 1.22. The van der Waals surface area contributed by atoms with E-state index in [1.807, 2.05) is 18.2 Å². The molecule has 44 heavy (non-hydrogen) atoms. The van der Waals surface area contributed by atoms with Gasteiger partial charge in [-0.2, -0.15) is 18.2 Å². The molecule has 3 fully saturated rings. The van der Waals surface area contributed by atoms with Crippen molar-refractivity contribution < 1.29 is 26.7 Å². The van der Waals surface area contributed by atoms with Crippen molar-refractivity contribution in [2.75, 3.05) is 24.6 Å². The van der Waals surface area contributed by atoms with E-state index in [2.05, 4.69) is 31.5 Å². The number of anilines is 1. The molecule has 5 heterocycles. The van der Waals surface area contributed by atoms with Crippen molar-refractivity contribution in [3.63, 3.8) is 0 Å². The summed E-state index contributed by atoms with van der Waals surface area (Å²) in [6.45, 7) is 8.46. The molecule has 1 saturated carbocycles. The molecule has 1 aromatic carbocycles. The number of fused-ring (bicyclic) bond motifs is 3. The van der Waals surface area contributed by atoms with E-state index >= 15 is 0 Å². The Hall–Kier alpha value is -3.39. The van der Waals surface area contributed by atoms with Gasteiger partial charge < -0.3 is 14.2 Å². The second-order valence-electron chi connectivity index (χ2n) is 12.6. The summed E-state index contributed by atoms with van der Waals surface area (Å²) in [5.74, 6) is -1.17. The Labute approximate surface area is 251 Å². The van der Waals surface area contributed by atoms with Crippen molar-refractivity contribution in [3.8, 4) is 0 Å². The zero-order valence-corrected chi connectivity index (χ0v) is 24.8. The third kappa shape index (κ3) is 5.09. The number of imidazole rings is 1. The fourth-order valence-corrected chi connectivity index (χ4v) is 7.33. The van der Waals surface area contributed by atoms with Crippen LogP contribution in [0.4, 0.5) is 27.8 Å². The molecule has 0 spiro atoms. The molecule has 0 N–H and O–H groups in total. The number of halogens is 5. The van der Waals surface area contributed by atoms with Crippen molar-refractivity contribution in [1.82, 2.24) is 34.0 Å². The minimum atomic E-state index is -4.47. The van der Waals surface area contributed by atoms with Gasteiger partial charge in [-0.1, -0.05) is 12.1 Å². The highest BCUT2D eigenvalue weighted by atomic mass is 19.4. The molecule has 14 heteroatoms. The number of nitrogens with zero attached hydrogens (tertiary/aromatic N) is 8. The lowest BCUT2D eigenvalue weighted by Gasteiger charge is -2.52. The van der Waals surface area contributed by atoms with Gasteiger partial charge in [0.25, 0.3) is 5.78 Å². The topological polar surface area (TPSA) is 76.6 Å². The van der Waals surface area contributed by atoms with Crippen molar-refractivity contribution >= 4 is 22.8 Å². The van der Waals surface area contributed by atoms with Gasteiger partial charge in [-0.15, -0.1) is 10.2 Å². The van der Waals surface area contributed by atoms with E-state index in [0.29, 0.717) is 36.8 Å². The third-order valence-corrected chi connectivity index (χ3v) is 9.53. The highest BCUT2D eigenvalue weighted by molar-refractivity contribution is 5.87. The van der Waals surface area contributed by atoms with Crippen LogP contribution in [0.25, 0.3) is 16.9 Å². The number of aryl methyl sites for hydroxylation is 1. The molecule has 0 radical (unpaired) electrons. The summed E-state index contributed by atoms with van der Waals surface area (Å²) in [4.78, 5) is 14.2. The van der Waals surface area contributed by atoms with Gasteiger partial charge in [0.2, 0.25) is 5.92 Å². The zero-order valence-electron chi connectivity index (χ0n) is 24.8. The maximum absolute atomic E-state index is 14.1. The van der Waals surface area contributed by atoms with Gasteiger partial charge in [-0.25, -0.2) is 18.2 Å². The molecule has 9 nitrogen and oxygen atoms in total. The maximum atomic E-state index is 14.1. The minimum Gasteiger partial charge on any atom is -0.376 e. The monoisotopic (exact) mass is 618 g/mol. The summed E-state index contributed by atoms with van der Waals surface area (Å²) in [6, 6.07) is 4.34. The second kappa shape index (κ2) is 10.6. The summed E-state index contributed by atoms with van der Waals surface area (Å²) >= 11 is 0. The summed E-state index contributed by atoms with van der Waals surface area (Å²) in [7, 11) is 0. The lowest BCUT2D eigenvalue weighted by molar-refractivity contribution is -0.138. The number of piperazine rings is 1. The average Bonchev–Trinajstić information content (AvgIpc) is 3.70. The van der Waals surface area contributed by atoms with Crippen molar-refractivity contribution in [1.29, 1.82) is 0 Å². The summed E-state index contributed by atoms with van der Waals surface area (Å²) in [5, 5.41) is 8.37. The van der Waals surface area contributed by atoms with E-state index in [9.17, 15) is 22.0 Å². The fourth-order valence-electron chi connectivity index (χ4n) is 7.33. The van der Waals surface area contributed by atoms with Crippen LogP contribution >= 0.6 is 0 Å². The first kappa shape index (κ1) is 29.3. The first-order valence-corrected chi connectivity index (χ1v) is 15.1. The van der Waals surface area contributed by atoms with Gasteiger partial charge in [0.15, 0.2) is 11.5 Å². The maximum Gasteiger partial charge on any atom is 0.416 e. The zero-order chi connectivity index (χ0) is 31.0. The van der Waals surface area contributed by atoms with Gasteiger partial charge >= 0.3 is 6.18 Å². The van der Waals surface area contributed by atoms with E-state index in [4.69, 9.17) is 14.7 Å². The van der Waals surface area contributed by atoms with Gasteiger partial charge in [-0.3, -0.25) is 4.90 Å². The summed E-state index contributed by atoms with van der Waals surface area (Å²) in [6.07, 6.45) is -1.31. The van der Waals surface area contributed by atoms with Gasteiger partial charge in [0.1, 0.15) is 17.7 Å². The molecule has 1 unspecified atom stereocenters. The van der Waals surface area contributed by atoms with E-state index in [-0.39, 0.29) is 36.9 Å². The van der Waals surface area contributed by atoms with Crippen LogP contribution in [-0.2, 0) is 17.5 Å². The van der Waals surface area contributed by atoms with Crippen LogP contribution in [0.5, 0.6) is 0 Å². The number of ether oxygens (including phenoxy) is 1. The predicted octanol–water partition coefficient (Wildman–Crippen LogP) is 5.67. The van der Waals surface area contributed by atoms with Crippen molar-refractivity contribution in [2.24, 2.45) is 5.92 Å². The Morgan fingerprint density at radius 3 is 2.45 bits per heavy atom.